The second-order valence-electron chi connectivity index (χ2n) is 10.8. The quantitative estimate of drug-likeness (QED) is 0.514. The van der Waals surface area contributed by atoms with Crippen molar-refractivity contribution in [1.29, 1.82) is 0 Å². The van der Waals surface area contributed by atoms with E-state index in [0.717, 1.165) is 30.5 Å². The summed E-state index contributed by atoms with van der Waals surface area (Å²) >= 11 is 0. The zero-order chi connectivity index (χ0) is 28.6. The van der Waals surface area contributed by atoms with E-state index in [-0.39, 0.29) is 35.2 Å². The molecular formula is C30H38FNO6S. The lowest BCUT2D eigenvalue weighted by atomic mass is 9.88. The predicted octanol–water partition coefficient (Wildman–Crippen LogP) is 4.72. The van der Waals surface area contributed by atoms with Gasteiger partial charge in [0.25, 0.3) is 0 Å². The Kier molecular flexibility index (Phi) is 10.8. The van der Waals surface area contributed by atoms with Gasteiger partial charge in [-0.15, -0.1) is 0 Å². The van der Waals surface area contributed by atoms with Crippen LogP contribution < -0.4 is 10.1 Å². The van der Waals surface area contributed by atoms with E-state index in [1.54, 1.807) is 24.3 Å². The molecule has 9 heteroatoms. The Morgan fingerprint density at radius 2 is 1.69 bits per heavy atom. The Bertz CT molecular complexity index is 1240. The van der Waals surface area contributed by atoms with Gasteiger partial charge in [-0.25, -0.2) is 12.8 Å². The van der Waals surface area contributed by atoms with Crippen molar-refractivity contribution < 1.29 is 31.9 Å². The van der Waals surface area contributed by atoms with Crippen LogP contribution in [-0.2, 0) is 30.6 Å². The van der Waals surface area contributed by atoms with Crippen LogP contribution in [0.15, 0.2) is 53.4 Å². The standard InChI is InChI=1S/C30H38FNO6S/c1-20(2)16-28-29(34)18-23(21(3)33)6-4-5-15-38-26-11-7-22(8-12-26)17-24(30(35)32-28)19-39(36,37)27-13-9-25(31)10-14-27/h7-14,20,23-24,28H,4-6,15-19H2,1-3H3,(H,32,35)/t23-,24-,28+/m1/s1. The minimum atomic E-state index is -3.94. The van der Waals surface area contributed by atoms with Crippen molar-refractivity contribution in [2.45, 2.75) is 70.2 Å². The Labute approximate surface area is 230 Å². The fourth-order valence-corrected chi connectivity index (χ4v) is 6.33. The van der Waals surface area contributed by atoms with Crippen LogP contribution in [0.5, 0.6) is 5.75 Å². The summed E-state index contributed by atoms with van der Waals surface area (Å²) in [6, 6.07) is 10.8. The molecular weight excluding hydrogens is 521 g/mol. The van der Waals surface area contributed by atoms with Gasteiger partial charge in [0.15, 0.2) is 15.6 Å². The number of halogens is 1. The molecule has 2 aliphatic rings. The molecule has 2 heterocycles. The number of hydrogen-bond acceptors (Lipinski definition) is 6. The highest BCUT2D eigenvalue weighted by Gasteiger charge is 2.32. The van der Waals surface area contributed by atoms with Gasteiger partial charge >= 0.3 is 0 Å². The van der Waals surface area contributed by atoms with Gasteiger partial charge in [-0.1, -0.05) is 26.0 Å². The highest BCUT2D eigenvalue weighted by atomic mass is 32.2. The van der Waals surface area contributed by atoms with E-state index < -0.39 is 45.2 Å². The average molecular weight is 560 g/mol. The highest BCUT2D eigenvalue weighted by Crippen LogP contribution is 2.23. The maximum Gasteiger partial charge on any atom is 0.225 e. The minimum Gasteiger partial charge on any atom is -0.494 e. The summed E-state index contributed by atoms with van der Waals surface area (Å²) in [7, 11) is -3.94. The van der Waals surface area contributed by atoms with Gasteiger partial charge < -0.3 is 10.1 Å². The van der Waals surface area contributed by atoms with Gasteiger partial charge in [0.05, 0.1) is 29.2 Å². The number of sulfone groups is 1. The average Bonchev–Trinajstić information content (AvgIpc) is 2.87. The van der Waals surface area contributed by atoms with Crippen molar-refractivity contribution in [1.82, 2.24) is 5.32 Å². The zero-order valence-electron chi connectivity index (χ0n) is 22.8. The van der Waals surface area contributed by atoms with Gasteiger partial charge in [0, 0.05) is 12.3 Å². The lowest BCUT2D eigenvalue weighted by molar-refractivity contribution is -0.132. The molecule has 4 rings (SSSR count). The molecule has 7 nitrogen and oxygen atoms in total. The summed E-state index contributed by atoms with van der Waals surface area (Å²) < 4.78 is 45.7. The van der Waals surface area contributed by atoms with Crippen molar-refractivity contribution >= 4 is 27.3 Å². The summed E-state index contributed by atoms with van der Waals surface area (Å²) in [5.41, 5.74) is 0.740. The van der Waals surface area contributed by atoms with Crippen molar-refractivity contribution in [3.63, 3.8) is 0 Å². The molecule has 2 aromatic rings. The maximum atomic E-state index is 13.6. The number of nitrogens with one attached hydrogen (secondary N) is 1. The van der Waals surface area contributed by atoms with E-state index in [1.165, 1.54) is 19.1 Å². The molecule has 0 radical (unpaired) electrons. The van der Waals surface area contributed by atoms with Crippen LogP contribution in [0.25, 0.3) is 0 Å². The van der Waals surface area contributed by atoms with Crippen molar-refractivity contribution in [2.24, 2.45) is 17.8 Å². The largest absolute Gasteiger partial charge is 0.494 e. The summed E-state index contributed by atoms with van der Waals surface area (Å²) in [5.74, 6) is -2.66. The number of ketones is 2. The molecule has 1 N–H and O–H groups in total. The number of carbonyl (C=O) groups excluding carboxylic acids is 3. The molecule has 0 aromatic heterocycles. The molecule has 2 aromatic carbocycles. The van der Waals surface area contributed by atoms with Gasteiger partial charge in [0.1, 0.15) is 17.3 Å². The number of Topliss-reactive ketones (excluding diaryl/α,β-unsaturated/α-hetero) is 2. The van der Waals surface area contributed by atoms with Crippen LogP contribution in [-0.4, -0.2) is 44.3 Å². The van der Waals surface area contributed by atoms with Crippen molar-refractivity contribution in [3.05, 3.63) is 59.9 Å². The minimum absolute atomic E-state index is 0.0181. The van der Waals surface area contributed by atoms with Crippen LogP contribution >= 0.6 is 0 Å². The summed E-state index contributed by atoms with van der Waals surface area (Å²) in [6.45, 7) is 5.81. The number of rotatable bonds is 6. The third-order valence-electron chi connectivity index (χ3n) is 7.02. The predicted molar refractivity (Wildman–Crippen MR) is 147 cm³/mol. The fourth-order valence-electron chi connectivity index (χ4n) is 4.79. The van der Waals surface area contributed by atoms with E-state index in [0.29, 0.717) is 25.2 Å². The molecule has 1 amide bonds. The van der Waals surface area contributed by atoms with Gasteiger partial charge in [-0.3, -0.25) is 14.4 Å². The molecule has 2 aliphatic heterocycles. The number of ether oxygens (including phenoxy) is 1. The number of fused-ring (bicyclic) bond motifs is 14. The molecule has 0 saturated carbocycles. The second-order valence-corrected chi connectivity index (χ2v) is 12.8. The maximum absolute atomic E-state index is 13.6. The second kappa shape index (κ2) is 13.8. The topological polar surface area (TPSA) is 107 Å². The van der Waals surface area contributed by atoms with Crippen LogP contribution in [0.4, 0.5) is 4.39 Å². The van der Waals surface area contributed by atoms with E-state index in [9.17, 15) is 27.2 Å². The first-order chi connectivity index (χ1) is 18.4. The van der Waals surface area contributed by atoms with Gasteiger partial charge in [-0.05, 0) is 86.9 Å². The van der Waals surface area contributed by atoms with Crippen LogP contribution in [0.3, 0.4) is 0 Å². The summed E-state index contributed by atoms with van der Waals surface area (Å²) in [4.78, 5) is 39.2. The van der Waals surface area contributed by atoms with E-state index >= 15 is 0 Å². The van der Waals surface area contributed by atoms with Crippen molar-refractivity contribution in [3.8, 4) is 5.75 Å². The fraction of sp³-hybridized carbons (Fsp3) is 0.500. The van der Waals surface area contributed by atoms with E-state index in [1.807, 2.05) is 13.8 Å². The van der Waals surface area contributed by atoms with Crippen LogP contribution in [0, 0.1) is 23.6 Å². The first-order valence-electron chi connectivity index (χ1n) is 13.5. The molecule has 39 heavy (non-hydrogen) atoms. The number of carbonyl (C=O) groups is 3. The molecule has 0 spiro atoms. The zero-order valence-corrected chi connectivity index (χ0v) is 23.6. The van der Waals surface area contributed by atoms with Crippen molar-refractivity contribution in [2.75, 3.05) is 12.4 Å². The smallest absolute Gasteiger partial charge is 0.225 e. The normalized spacial score (nSPS) is 21.7. The number of benzene rings is 2. The molecule has 2 bridgehead atoms. The molecule has 212 valence electrons. The lowest BCUT2D eigenvalue weighted by Gasteiger charge is -2.25. The Hall–Kier alpha value is -3.07. The first-order valence-corrected chi connectivity index (χ1v) is 15.1. The monoisotopic (exact) mass is 559 g/mol. The Balaban J connectivity index is 1.95. The number of hydrogen-bond donors (Lipinski definition) is 1. The third-order valence-corrected chi connectivity index (χ3v) is 8.85. The third kappa shape index (κ3) is 9.27. The molecule has 0 aliphatic carbocycles. The van der Waals surface area contributed by atoms with E-state index in [2.05, 4.69) is 5.32 Å². The highest BCUT2D eigenvalue weighted by molar-refractivity contribution is 7.91. The molecule has 0 fully saturated rings. The van der Waals surface area contributed by atoms with Crippen LogP contribution in [0.2, 0.25) is 0 Å². The van der Waals surface area contributed by atoms with Gasteiger partial charge in [-0.2, -0.15) is 0 Å². The SMILES string of the molecule is CC(=O)[C@@H]1CCCCOc2ccc(cc2)C[C@H](CS(=O)(=O)c2ccc(F)cc2)C(=O)N[C@@H](CC(C)C)C(=O)C1. The number of amides is 1. The Morgan fingerprint density at radius 3 is 2.31 bits per heavy atom. The first kappa shape index (κ1) is 30.5. The van der Waals surface area contributed by atoms with E-state index in [4.69, 9.17) is 4.74 Å². The Morgan fingerprint density at radius 1 is 1.03 bits per heavy atom. The molecule has 3 atom stereocenters. The summed E-state index contributed by atoms with van der Waals surface area (Å²) in [6.07, 6.45) is 2.50. The summed E-state index contributed by atoms with van der Waals surface area (Å²) in [5, 5.41) is 2.83. The molecule has 0 saturated heterocycles. The van der Waals surface area contributed by atoms with Gasteiger partial charge in [0.2, 0.25) is 5.91 Å². The van der Waals surface area contributed by atoms with Crippen LogP contribution in [0.1, 0.15) is 58.4 Å². The molecule has 0 unspecified atom stereocenters. The lowest BCUT2D eigenvalue weighted by Crippen LogP contribution is -2.46.